The number of nitriles is 1. The number of piperidine rings is 1. The third-order valence-electron chi connectivity index (χ3n) is 3.64. The van der Waals surface area contributed by atoms with Crippen molar-refractivity contribution in [2.75, 3.05) is 18.0 Å². The minimum absolute atomic E-state index is 0.558. The van der Waals surface area contributed by atoms with E-state index in [0.29, 0.717) is 10.6 Å². The van der Waals surface area contributed by atoms with Crippen molar-refractivity contribution in [1.82, 2.24) is 0 Å². The summed E-state index contributed by atoms with van der Waals surface area (Å²) >= 11 is 6.06. The van der Waals surface area contributed by atoms with Crippen LogP contribution in [-0.4, -0.2) is 13.1 Å². The first-order valence-electron chi connectivity index (χ1n) is 6.19. The summed E-state index contributed by atoms with van der Waals surface area (Å²) in [4.78, 5) is 2.29. The Morgan fingerprint density at radius 1 is 1.41 bits per heavy atom. The fourth-order valence-corrected chi connectivity index (χ4v) is 2.68. The first kappa shape index (κ1) is 12.3. The lowest BCUT2D eigenvalue weighted by molar-refractivity contribution is 0.395. The van der Waals surface area contributed by atoms with Crippen LogP contribution in [0, 0.1) is 17.2 Å². The highest BCUT2D eigenvalue weighted by Crippen LogP contribution is 2.30. The Bertz CT molecular complexity index is 428. The van der Waals surface area contributed by atoms with Crippen molar-refractivity contribution in [3.63, 3.8) is 0 Å². The van der Waals surface area contributed by atoms with Gasteiger partial charge in [-0.05, 0) is 30.9 Å². The summed E-state index contributed by atoms with van der Waals surface area (Å²) in [5, 5.41) is 9.72. The summed E-state index contributed by atoms with van der Waals surface area (Å²) in [6, 6.07) is 7.91. The lowest BCUT2D eigenvalue weighted by Crippen LogP contribution is -2.33. The van der Waals surface area contributed by atoms with E-state index in [0.717, 1.165) is 24.7 Å². The van der Waals surface area contributed by atoms with E-state index in [-0.39, 0.29) is 0 Å². The van der Waals surface area contributed by atoms with Crippen LogP contribution >= 0.6 is 11.6 Å². The van der Waals surface area contributed by atoms with Gasteiger partial charge < -0.3 is 4.90 Å². The standard InChI is InChI=1S/C14H17ClN2/c1-2-11-6-8-17(9-7-11)14-5-3-4-13(15)12(14)10-16/h3-5,11H,2,6-9H2,1H3. The number of hydrogen-bond acceptors (Lipinski definition) is 2. The van der Waals surface area contributed by atoms with Crippen LogP contribution in [0.4, 0.5) is 5.69 Å². The molecular formula is C14H17ClN2. The zero-order valence-corrected chi connectivity index (χ0v) is 10.9. The van der Waals surface area contributed by atoms with Crippen molar-refractivity contribution >= 4 is 17.3 Å². The molecule has 1 aromatic carbocycles. The summed E-state index contributed by atoms with van der Waals surface area (Å²) < 4.78 is 0. The van der Waals surface area contributed by atoms with Crippen LogP contribution in [0.1, 0.15) is 31.7 Å². The molecule has 1 saturated heterocycles. The largest absolute Gasteiger partial charge is 0.370 e. The number of rotatable bonds is 2. The highest BCUT2D eigenvalue weighted by molar-refractivity contribution is 6.32. The van der Waals surface area contributed by atoms with E-state index < -0.39 is 0 Å². The summed E-state index contributed by atoms with van der Waals surface area (Å²) in [6.07, 6.45) is 3.69. The average molecular weight is 249 g/mol. The molecule has 0 unspecified atom stereocenters. The fraction of sp³-hybridized carbons (Fsp3) is 0.500. The van der Waals surface area contributed by atoms with Gasteiger partial charge in [0.25, 0.3) is 0 Å². The number of halogens is 1. The van der Waals surface area contributed by atoms with E-state index in [9.17, 15) is 0 Å². The molecule has 0 N–H and O–H groups in total. The van der Waals surface area contributed by atoms with E-state index >= 15 is 0 Å². The van der Waals surface area contributed by atoms with Crippen molar-refractivity contribution in [3.05, 3.63) is 28.8 Å². The smallest absolute Gasteiger partial charge is 0.103 e. The molecule has 0 aromatic heterocycles. The van der Waals surface area contributed by atoms with E-state index in [4.69, 9.17) is 16.9 Å². The lowest BCUT2D eigenvalue weighted by atomic mass is 9.94. The minimum atomic E-state index is 0.558. The molecule has 0 atom stereocenters. The third kappa shape index (κ3) is 2.56. The molecule has 1 aromatic rings. The summed E-state index contributed by atoms with van der Waals surface area (Å²) in [5.74, 6) is 0.843. The first-order valence-corrected chi connectivity index (χ1v) is 6.57. The number of benzene rings is 1. The molecule has 0 radical (unpaired) electrons. The second kappa shape index (κ2) is 5.42. The highest BCUT2D eigenvalue weighted by Gasteiger charge is 2.20. The summed E-state index contributed by atoms with van der Waals surface area (Å²) in [6.45, 7) is 4.32. The zero-order valence-electron chi connectivity index (χ0n) is 10.1. The van der Waals surface area contributed by atoms with Crippen molar-refractivity contribution in [3.8, 4) is 6.07 Å². The lowest BCUT2D eigenvalue weighted by Gasteiger charge is -2.33. The molecule has 1 aliphatic heterocycles. The maximum Gasteiger partial charge on any atom is 0.103 e. The quantitative estimate of drug-likeness (QED) is 0.795. The molecule has 17 heavy (non-hydrogen) atoms. The van der Waals surface area contributed by atoms with E-state index in [1.807, 2.05) is 12.1 Å². The Balaban J connectivity index is 2.19. The van der Waals surface area contributed by atoms with E-state index in [2.05, 4.69) is 17.9 Å². The Hall–Kier alpha value is -1.20. The van der Waals surface area contributed by atoms with Gasteiger partial charge in [-0.25, -0.2) is 0 Å². The van der Waals surface area contributed by atoms with Crippen LogP contribution < -0.4 is 4.90 Å². The summed E-state index contributed by atoms with van der Waals surface area (Å²) in [5.41, 5.74) is 1.61. The number of nitrogens with zero attached hydrogens (tertiary/aromatic N) is 2. The van der Waals surface area contributed by atoms with Crippen molar-refractivity contribution in [2.24, 2.45) is 5.92 Å². The molecule has 90 valence electrons. The maximum absolute atomic E-state index is 9.17. The van der Waals surface area contributed by atoms with Gasteiger partial charge in [0, 0.05) is 13.1 Å². The molecule has 1 aliphatic rings. The molecule has 1 fully saturated rings. The predicted octanol–water partition coefficient (Wildman–Crippen LogP) is 3.84. The van der Waals surface area contributed by atoms with Crippen LogP contribution in [0.2, 0.25) is 5.02 Å². The van der Waals surface area contributed by atoms with Gasteiger partial charge in [-0.1, -0.05) is 31.0 Å². The topological polar surface area (TPSA) is 27.0 Å². The van der Waals surface area contributed by atoms with E-state index in [1.165, 1.54) is 19.3 Å². The Kier molecular flexibility index (Phi) is 3.91. The van der Waals surface area contributed by atoms with Gasteiger partial charge in [-0.3, -0.25) is 0 Å². The van der Waals surface area contributed by atoms with Gasteiger partial charge in [0.1, 0.15) is 6.07 Å². The molecule has 0 saturated carbocycles. The molecule has 0 aliphatic carbocycles. The van der Waals surface area contributed by atoms with Gasteiger partial charge in [0.05, 0.1) is 16.3 Å². The zero-order chi connectivity index (χ0) is 12.3. The Morgan fingerprint density at radius 3 is 2.71 bits per heavy atom. The molecule has 2 nitrogen and oxygen atoms in total. The van der Waals surface area contributed by atoms with Crippen LogP contribution in [0.3, 0.4) is 0 Å². The summed E-state index contributed by atoms with van der Waals surface area (Å²) in [7, 11) is 0. The molecule has 0 spiro atoms. The predicted molar refractivity (Wildman–Crippen MR) is 71.4 cm³/mol. The maximum atomic E-state index is 9.17. The molecule has 0 bridgehead atoms. The Morgan fingerprint density at radius 2 is 2.12 bits per heavy atom. The van der Waals surface area contributed by atoms with E-state index in [1.54, 1.807) is 6.07 Å². The highest BCUT2D eigenvalue weighted by atomic mass is 35.5. The molecule has 3 heteroatoms. The monoisotopic (exact) mass is 248 g/mol. The third-order valence-corrected chi connectivity index (χ3v) is 3.95. The number of anilines is 1. The normalized spacial score (nSPS) is 16.9. The van der Waals surface area contributed by atoms with Gasteiger partial charge in [0.2, 0.25) is 0 Å². The van der Waals surface area contributed by atoms with Crippen LogP contribution in [-0.2, 0) is 0 Å². The van der Waals surface area contributed by atoms with Crippen molar-refractivity contribution in [2.45, 2.75) is 26.2 Å². The molecule has 2 rings (SSSR count). The number of hydrogen-bond donors (Lipinski definition) is 0. The van der Waals surface area contributed by atoms with Gasteiger partial charge in [-0.2, -0.15) is 5.26 Å². The van der Waals surface area contributed by atoms with Gasteiger partial charge >= 0.3 is 0 Å². The Labute approximate surface area is 108 Å². The van der Waals surface area contributed by atoms with Gasteiger partial charge in [0.15, 0.2) is 0 Å². The molecule has 1 heterocycles. The second-order valence-corrected chi connectivity index (χ2v) is 4.99. The van der Waals surface area contributed by atoms with Gasteiger partial charge in [-0.15, -0.1) is 0 Å². The fourth-order valence-electron chi connectivity index (χ4n) is 2.47. The first-order chi connectivity index (χ1) is 8.26. The minimum Gasteiger partial charge on any atom is -0.370 e. The average Bonchev–Trinajstić information content (AvgIpc) is 2.38. The van der Waals surface area contributed by atoms with Crippen molar-refractivity contribution in [1.29, 1.82) is 5.26 Å². The van der Waals surface area contributed by atoms with Crippen LogP contribution in [0.5, 0.6) is 0 Å². The molecule has 0 amide bonds. The second-order valence-electron chi connectivity index (χ2n) is 4.58. The SMILES string of the molecule is CCC1CCN(c2cccc(Cl)c2C#N)CC1. The van der Waals surface area contributed by atoms with Crippen LogP contribution in [0.25, 0.3) is 0 Å². The van der Waals surface area contributed by atoms with Crippen LogP contribution in [0.15, 0.2) is 18.2 Å². The van der Waals surface area contributed by atoms with Crippen molar-refractivity contribution < 1.29 is 0 Å². The molecular weight excluding hydrogens is 232 g/mol.